The number of carbonyl (C=O) groups is 2. The van der Waals surface area contributed by atoms with Gasteiger partial charge in [0.2, 0.25) is 10.0 Å². The predicted molar refractivity (Wildman–Crippen MR) is 122 cm³/mol. The van der Waals surface area contributed by atoms with Crippen molar-refractivity contribution in [3.05, 3.63) is 89.0 Å². The number of benzene rings is 3. The standard InChI is InChI=1S/C24H21NO5S2/c1-2-15(26)14-25-32(29,30)17-12-10-16(11-13-17)31-21-9-5-8-20-22(21)24(28)19-7-4-3-6-18(19)23(20)27/h3-13,15,25-26H,2,14H2,1H3. The highest BCUT2D eigenvalue weighted by atomic mass is 32.2. The summed E-state index contributed by atoms with van der Waals surface area (Å²) in [4.78, 5) is 27.5. The first-order valence-corrected chi connectivity index (χ1v) is 12.4. The highest BCUT2D eigenvalue weighted by Crippen LogP contribution is 2.37. The van der Waals surface area contributed by atoms with E-state index >= 15 is 0 Å². The van der Waals surface area contributed by atoms with Gasteiger partial charge in [-0.25, -0.2) is 13.1 Å². The normalized spacial score (nSPS) is 14.1. The zero-order valence-corrected chi connectivity index (χ0v) is 18.9. The molecule has 4 rings (SSSR count). The zero-order valence-electron chi connectivity index (χ0n) is 17.2. The van der Waals surface area contributed by atoms with Gasteiger partial charge in [0.1, 0.15) is 0 Å². The molecule has 0 saturated heterocycles. The highest BCUT2D eigenvalue weighted by molar-refractivity contribution is 7.99. The summed E-state index contributed by atoms with van der Waals surface area (Å²) in [5.74, 6) is -0.379. The molecule has 8 heteroatoms. The van der Waals surface area contributed by atoms with Crippen molar-refractivity contribution in [2.75, 3.05) is 6.54 Å². The number of sulfonamides is 1. The Balaban J connectivity index is 1.60. The number of hydrogen-bond donors (Lipinski definition) is 2. The van der Waals surface area contributed by atoms with Crippen LogP contribution < -0.4 is 4.72 Å². The number of fused-ring (bicyclic) bond motifs is 2. The minimum atomic E-state index is -3.74. The van der Waals surface area contributed by atoms with Gasteiger partial charge in [-0.15, -0.1) is 0 Å². The van der Waals surface area contributed by atoms with Crippen LogP contribution in [-0.4, -0.2) is 37.7 Å². The van der Waals surface area contributed by atoms with Gasteiger partial charge in [0.15, 0.2) is 11.6 Å². The van der Waals surface area contributed by atoms with Crippen molar-refractivity contribution in [1.29, 1.82) is 0 Å². The Hall–Kier alpha value is -2.78. The van der Waals surface area contributed by atoms with Gasteiger partial charge in [0.05, 0.1) is 11.0 Å². The van der Waals surface area contributed by atoms with Crippen LogP contribution in [0.3, 0.4) is 0 Å². The lowest BCUT2D eigenvalue weighted by molar-refractivity contribution is 0.0977. The molecule has 0 bridgehead atoms. The second-order valence-corrected chi connectivity index (χ2v) is 10.3. The third-order valence-corrected chi connectivity index (χ3v) is 7.76. The summed E-state index contributed by atoms with van der Waals surface area (Å²) >= 11 is 1.30. The average Bonchev–Trinajstić information content (AvgIpc) is 2.81. The van der Waals surface area contributed by atoms with Crippen molar-refractivity contribution in [3.63, 3.8) is 0 Å². The van der Waals surface area contributed by atoms with Crippen molar-refractivity contribution in [3.8, 4) is 0 Å². The van der Waals surface area contributed by atoms with Gasteiger partial charge in [-0.2, -0.15) is 0 Å². The maximum atomic E-state index is 13.1. The van der Waals surface area contributed by atoms with Crippen LogP contribution in [-0.2, 0) is 10.0 Å². The number of aliphatic hydroxyl groups is 1. The Morgan fingerprint density at radius 1 is 0.875 bits per heavy atom. The molecule has 6 nitrogen and oxygen atoms in total. The molecule has 164 valence electrons. The summed E-state index contributed by atoms with van der Waals surface area (Å²) in [5, 5.41) is 9.59. The van der Waals surface area contributed by atoms with Crippen LogP contribution in [0.5, 0.6) is 0 Å². The molecule has 1 atom stereocenters. The van der Waals surface area contributed by atoms with E-state index < -0.39 is 16.1 Å². The lowest BCUT2D eigenvalue weighted by Crippen LogP contribution is -2.31. The smallest absolute Gasteiger partial charge is 0.240 e. The van der Waals surface area contributed by atoms with E-state index in [9.17, 15) is 23.1 Å². The van der Waals surface area contributed by atoms with Crippen LogP contribution in [0.1, 0.15) is 45.2 Å². The largest absolute Gasteiger partial charge is 0.392 e. The van der Waals surface area contributed by atoms with Crippen molar-refractivity contribution >= 4 is 33.4 Å². The molecule has 1 aliphatic rings. The van der Waals surface area contributed by atoms with Crippen molar-refractivity contribution in [2.45, 2.75) is 34.1 Å². The first-order valence-electron chi connectivity index (χ1n) is 10.1. The maximum Gasteiger partial charge on any atom is 0.240 e. The van der Waals surface area contributed by atoms with Gasteiger partial charge in [0.25, 0.3) is 0 Å². The first-order chi connectivity index (χ1) is 15.3. The number of aliphatic hydroxyl groups excluding tert-OH is 1. The number of hydrogen-bond acceptors (Lipinski definition) is 6. The molecule has 0 fully saturated rings. The number of nitrogens with one attached hydrogen (secondary N) is 1. The minimum absolute atomic E-state index is 0.0525. The van der Waals surface area contributed by atoms with E-state index in [0.717, 1.165) is 4.90 Å². The third-order valence-electron chi connectivity index (χ3n) is 5.26. The Morgan fingerprint density at radius 3 is 2.16 bits per heavy atom. The monoisotopic (exact) mass is 467 g/mol. The molecule has 2 N–H and O–H groups in total. The second kappa shape index (κ2) is 8.99. The molecule has 3 aromatic rings. The number of rotatable bonds is 7. The van der Waals surface area contributed by atoms with E-state index in [-0.39, 0.29) is 23.0 Å². The average molecular weight is 468 g/mol. The molecular weight excluding hydrogens is 446 g/mol. The molecule has 0 amide bonds. The summed E-state index contributed by atoms with van der Waals surface area (Å²) in [6.07, 6.45) is -0.292. The summed E-state index contributed by atoms with van der Waals surface area (Å²) in [5.41, 5.74) is 1.53. The molecule has 1 aliphatic carbocycles. The Morgan fingerprint density at radius 2 is 1.50 bits per heavy atom. The topological polar surface area (TPSA) is 101 Å². The van der Waals surface area contributed by atoms with Gasteiger partial charge in [-0.05, 0) is 36.8 Å². The zero-order chi connectivity index (χ0) is 22.9. The Bertz CT molecular complexity index is 1300. The number of ketones is 2. The van der Waals surface area contributed by atoms with Gasteiger partial charge >= 0.3 is 0 Å². The molecule has 0 heterocycles. The lowest BCUT2D eigenvalue weighted by atomic mass is 9.84. The SMILES string of the molecule is CCC(O)CNS(=O)(=O)c1ccc(Sc2cccc3c2C(=O)c2ccccc2C3=O)cc1. The summed E-state index contributed by atoms with van der Waals surface area (Å²) < 4.78 is 27.2. The minimum Gasteiger partial charge on any atom is -0.392 e. The predicted octanol–water partition coefficient (Wildman–Crippen LogP) is 3.66. The van der Waals surface area contributed by atoms with Crippen LogP contribution in [0.2, 0.25) is 0 Å². The molecule has 0 spiro atoms. The van der Waals surface area contributed by atoms with Crippen molar-refractivity contribution in [2.24, 2.45) is 0 Å². The quantitative estimate of drug-likeness (QED) is 0.430. The molecular formula is C24H21NO5S2. The van der Waals surface area contributed by atoms with Gasteiger partial charge in [0, 0.05) is 38.6 Å². The first kappa shape index (κ1) is 22.4. The second-order valence-electron chi connectivity index (χ2n) is 7.37. The van der Waals surface area contributed by atoms with Crippen LogP contribution >= 0.6 is 11.8 Å². The van der Waals surface area contributed by atoms with Crippen LogP contribution in [0.25, 0.3) is 0 Å². The molecule has 0 radical (unpaired) electrons. The fourth-order valence-corrected chi connectivity index (χ4v) is 5.50. The number of carbonyl (C=O) groups excluding carboxylic acids is 2. The van der Waals surface area contributed by atoms with Crippen LogP contribution in [0.4, 0.5) is 0 Å². The Labute approximate surface area is 190 Å². The molecule has 1 unspecified atom stereocenters. The van der Waals surface area contributed by atoms with Crippen molar-refractivity contribution < 1.29 is 23.1 Å². The van der Waals surface area contributed by atoms with Gasteiger partial charge in [-0.1, -0.05) is 55.1 Å². The highest BCUT2D eigenvalue weighted by Gasteiger charge is 2.31. The van der Waals surface area contributed by atoms with E-state index in [0.29, 0.717) is 33.6 Å². The fraction of sp³-hybridized carbons (Fsp3) is 0.167. The van der Waals surface area contributed by atoms with E-state index in [1.54, 1.807) is 61.5 Å². The molecule has 0 saturated carbocycles. The van der Waals surface area contributed by atoms with Gasteiger partial charge in [-0.3, -0.25) is 9.59 Å². The van der Waals surface area contributed by atoms with Crippen LogP contribution in [0.15, 0.2) is 81.4 Å². The van der Waals surface area contributed by atoms with Gasteiger partial charge < -0.3 is 5.11 Å². The van der Waals surface area contributed by atoms with Crippen LogP contribution in [0, 0.1) is 0 Å². The fourth-order valence-electron chi connectivity index (χ4n) is 3.45. The summed E-state index contributed by atoms with van der Waals surface area (Å²) in [6.45, 7) is 1.72. The van der Waals surface area contributed by atoms with E-state index in [2.05, 4.69) is 4.72 Å². The van der Waals surface area contributed by atoms with E-state index in [1.807, 2.05) is 0 Å². The van der Waals surface area contributed by atoms with E-state index in [4.69, 9.17) is 0 Å². The molecule has 0 aromatic heterocycles. The summed E-state index contributed by atoms with van der Waals surface area (Å²) in [7, 11) is -3.74. The Kier molecular flexibility index (Phi) is 6.30. The van der Waals surface area contributed by atoms with E-state index in [1.165, 1.54) is 23.9 Å². The molecule has 0 aliphatic heterocycles. The lowest BCUT2D eigenvalue weighted by Gasteiger charge is -2.19. The molecule has 3 aromatic carbocycles. The maximum absolute atomic E-state index is 13.1. The summed E-state index contributed by atoms with van der Waals surface area (Å²) in [6, 6.07) is 18.2. The van der Waals surface area contributed by atoms with Crippen molar-refractivity contribution in [1.82, 2.24) is 4.72 Å². The third kappa shape index (κ3) is 4.27. The molecule has 32 heavy (non-hydrogen) atoms.